The Kier molecular flexibility index (Phi) is 8.77. The normalized spacial score (nSPS) is 23.3. The number of hydrogen-bond acceptors (Lipinski definition) is 4. The van der Waals surface area contributed by atoms with Crippen molar-refractivity contribution in [2.75, 3.05) is 26.7 Å². The van der Waals surface area contributed by atoms with Crippen LogP contribution in [0.3, 0.4) is 0 Å². The summed E-state index contributed by atoms with van der Waals surface area (Å²) < 4.78 is 5.62. The van der Waals surface area contributed by atoms with Crippen molar-refractivity contribution >= 4 is 24.8 Å². The standard InChI is InChI=1S/C27H31N3O.2ClH/c1-31-26-11-5-3-8-23(26)19-29-27(20-30-15-12-24(27)13-16-30)17-21-7-2-4-10-25(21)22-9-6-14-28-18-22;;/h2-11,14,18,24,29H,12-13,15-17,19-20H2,1H3;2*1H. The summed E-state index contributed by atoms with van der Waals surface area (Å²) >= 11 is 0. The van der Waals surface area contributed by atoms with Crippen molar-refractivity contribution in [1.29, 1.82) is 0 Å². The van der Waals surface area contributed by atoms with E-state index in [1.54, 1.807) is 7.11 Å². The molecule has 4 nitrogen and oxygen atoms in total. The van der Waals surface area contributed by atoms with Gasteiger partial charge in [-0.1, -0.05) is 48.5 Å². The summed E-state index contributed by atoms with van der Waals surface area (Å²) in [6.07, 6.45) is 7.39. The van der Waals surface area contributed by atoms with Crippen LogP contribution in [-0.4, -0.2) is 42.2 Å². The van der Waals surface area contributed by atoms with E-state index in [0.29, 0.717) is 5.92 Å². The van der Waals surface area contributed by atoms with Crippen LogP contribution in [0.2, 0.25) is 0 Å². The quantitative estimate of drug-likeness (QED) is 0.486. The van der Waals surface area contributed by atoms with E-state index < -0.39 is 0 Å². The van der Waals surface area contributed by atoms with Crippen molar-refractivity contribution in [2.45, 2.75) is 31.3 Å². The predicted molar refractivity (Wildman–Crippen MR) is 140 cm³/mol. The third-order valence-electron chi connectivity index (χ3n) is 7.19. The van der Waals surface area contributed by atoms with E-state index in [-0.39, 0.29) is 30.4 Å². The van der Waals surface area contributed by atoms with Crippen LogP contribution in [0.4, 0.5) is 0 Å². The van der Waals surface area contributed by atoms with Crippen LogP contribution in [0.1, 0.15) is 24.0 Å². The molecule has 3 saturated heterocycles. The highest BCUT2D eigenvalue weighted by Crippen LogP contribution is 2.40. The number of hydrogen-bond donors (Lipinski definition) is 1. The van der Waals surface area contributed by atoms with Crippen LogP contribution < -0.4 is 10.1 Å². The highest BCUT2D eigenvalue weighted by Gasteiger charge is 2.46. The Bertz CT molecular complexity index is 1020. The van der Waals surface area contributed by atoms with E-state index in [4.69, 9.17) is 4.74 Å². The topological polar surface area (TPSA) is 37.4 Å². The fraction of sp³-hybridized carbons (Fsp3) is 0.370. The van der Waals surface area contributed by atoms with Crippen LogP contribution in [0.25, 0.3) is 11.1 Å². The monoisotopic (exact) mass is 485 g/mol. The maximum absolute atomic E-state index is 5.62. The molecule has 0 spiro atoms. The lowest BCUT2D eigenvalue weighted by atomic mass is 9.69. The van der Waals surface area contributed by atoms with E-state index >= 15 is 0 Å². The number of rotatable bonds is 7. The molecule has 176 valence electrons. The highest BCUT2D eigenvalue weighted by atomic mass is 35.5. The van der Waals surface area contributed by atoms with Crippen molar-refractivity contribution in [3.8, 4) is 16.9 Å². The van der Waals surface area contributed by atoms with Crippen molar-refractivity contribution in [1.82, 2.24) is 15.2 Å². The zero-order chi connectivity index (χ0) is 21.1. The lowest BCUT2D eigenvalue weighted by molar-refractivity contribution is 0.00490. The summed E-state index contributed by atoms with van der Waals surface area (Å²) in [4.78, 5) is 7.00. The maximum Gasteiger partial charge on any atom is 0.123 e. The zero-order valence-corrected chi connectivity index (χ0v) is 20.7. The number of aromatic nitrogens is 1. The molecular weight excluding hydrogens is 453 g/mol. The minimum Gasteiger partial charge on any atom is -0.496 e. The Morgan fingerprint density at radius 3 is 2.36 bits per heavy atom. The summed E-state index contributed by atoms with van der Waals surface area (Å²) in [5.74, 6) is 1.65. The lowest BCUT2D eigenvalue weighted by Gasteiger charge is -2.54. The minimum absolute atomic E-state index is 0. The Morgan fingerprint density at radius 1 is 0.970 bits per heavy atom. The molecule has 3 aliphatic heterocycles. The number of nitrogens with one attached hydrogen (secondary N) is 1. The molecule has 6 heteroatoms. The average molecular weight is 486 g/mol. The van der Waals surface area contributed by atoms with Crippen LogP contribution in [0.5, 0.6) is 5.75 Å². The maximum atomic E-state index is 5.62. The van der Waals surface area contributed by atoms with E-state index in [9.17, 15) is 0 Å². The van der Waals surface area contributed by atoms with Gasteiger partial charge in [0, 0.05) is 42.1 Å². The number of nitrogens with zero attached hydrogens (tertiary/aromatic N) is 2. The second-order valence-corrected chi connectivity index (χ2v) is 8.95. The Labute approximate surface area is 209 Å². The summed E-state index contributed by atoms with van der Waals surface area (Å²) in [7, 11) is 1.76. The first-order valence-corrected chi connectivity index (χ1v) is 11.3. The molecule has 3 aliphatic rings. The summed E-state index contributed by atoms with van der Waals surface area (Å²) in [6.45, 7) is 4.39. The van der Waals surface area contributed by atoms with Crippen LogP contribution in [0, 0.1) is 5.92 Å². The summed E-state index contributed by atoms with van der Waals surface area (Å²) in [6, 6.07) is 21.4. The van der Waals surface area contributed by atoms with Crippen LogP contribution in [0.15, 0.2) is 73.1 Å². The Hall–Kier alpha value is -2.11. The summed E-state index contributed by atoms with van der Waals surface area (Å²) in [5, 5.41) is 4.05. The SMILES string of the molecule is COc1ccccc1CNC1(Cc2ccccc2-c2cccnc2)CN2CCC1CC2.Cl.Cl. The molecule has 0 amide bonds. The third kappa shape index (κ3) is 5.36. The van der Waals surface area contributed by atoms with Gasteiger partial charge in [0.2, 0.25) is 0 Å². The predicted octanol–water partition coefficient (Wildman–Crippen LogP) is 5.40. The number of pyridine rings is 1. The molecule has 1 atom stereocenters. The lowest BCUT2D eigenvalue weighted by Crippen LogP contribution is -2.66. The molecule has 4 heterocycles. The molecule has 3 fully saturated rings. The molecule has 2 aromatic carbocycles. The van der Waals surface area contributed by atoms with Gasteiger partial charge in [-0.15, -0.1) is 24.8 Å². The minimum atomic E-state index is 0. The number of fused-ring (bicyclic) bond motifs is 3. The van der Waals surface area contributed by atoms with Gasteiger partial charge in [0.05, 0.1) is 7.11 Å². The smallest absolute Gasteiger partial charge is 0.123 e. The molecule has 1 aromatic heterocycles. The van der Waals surface area contributed by atoms with Gasteiger partial charge in [-0.3, -0.25) is 4.98 Å². The summed E-state index contributed by atoms with van der Waals surface area (Å²) in [5.41, 5.74) is 5.18. The van der Waals surface area contributed by atoms with Crippen molar-refractivity contribution in [2.24, 2.45) is 5.92 Å². The molecule has 2 bridgehead atoms. The van der Waals surface area contributed by atoms with Gasteiger partial charge in [0.25, 0.3) is 0 Å². The number of ether oxygens (including phenoxy) is 1. The van der Waals surface area contributed by atoms with Gasteiger partial charge in [-0.2, -0.15) is 0 Å². The highest BCUT2D eigenvalue weighted by molar-refractivity contribution is 5.85. The van der Waals surface area contributed by atoms with Crippen LogP contribution in [-0.2, 0) is 13.0 Å². The van der Waals surface area contributed by atoms with E-state index in [1.165, 1.54) is 48.2 Å². The molecule has 0 saturated carbocycles. The van der Waals surface area contributed by atoms with Gasteiger partial charge < -0.3 is 15.0 Å². The third-order valence-corrected chi connectivity index (χ3v) is 7.19. The molecule has 0 aliphatic carbocycles. The number of benzene rings is 2. The zero-order valence-electron chi connectivity index (χ0n) is 19.1. The van der Waals surface area contributed by atoms with Gasteiger partial charge in [0.15, 0.2) is 0 Å². The fourth-order valence-corrected chi connectivity index (χ4v) is 5.57. The molecule has 3 aromatic rings. The first-order valence-electron chi connectivity index (χ1n) is 11.3. The van der Waals surface area contributed by atoms with Crippen LogP contribution >= 0.6 is 24.8 Å². The molecule has 1 N–H and O–H groups in total. The van der Waals surface area contributed by atoms with E-state index in [2.05, 4.69) is 63.7 Å². The van der Waals surface area contributed by atoms with Crippen molar-refractivity contribution in [3.05, 3.63) is 84.2 Å². The van der Waals surface area contributed by atoms with Crippen molar-refractivity contribution < 1.29 is 4.74 Å². The van der Waals surface area contributed by atoms with Crippen molar-refractivity contribution in [3.63, 3.8) is 0 Å². The van der Waals surface area contributed by atoms with Gasteiger partial charge >= 0.3 is 0 Å². The fourth-order valence-electron chi connectivity index (χ4n) is 5.57. The second kappa shape index (κ2) is 11.3. The van der Waals surface area contributed by atoms with Gasteiger partial charge in [-0.05, 0) is 61.5 Å². The molecule has 33 heavy (non-hydrogen) atoms. The Morgan fingerprint density at radius 2 is 1.70 bits per heavy atom. The van der Waals surface area contributed by atoms with Gasteiger partial charge in [0.1, 0.15) is 5.75 Å². The number of halogens is 2. The largest absolute Gasteiger partial charge is 0.496 e. The first kappa shape index (κ1) is 25.5. The number of piperidine rings is 3. The molecule has 0 radical (unpaired) electrons. The molecule has 6 rings (SSSR count). The number of methoxy groups -OCH3 is 1. The average Bonchev–Trinajstić information content (AvgIpc) is 2.84. The van der Waals surface area contributed by atoms with E-state index in [1.807, 2.05) is 24.5 Å². The van der Waals surface area contributed by atoms with Gasteiger partial charge in [-0.25, -0.2) is 0 Å². The first-order chi connectivity index (χ1) is 15.3. The molecular formula is C27H33Cl2N3O. The van der Waals surface area contributed by atoms with E-state index in [0.717, 1.165) is 25.3 Å². The molecule has 1 unspecified atom stereocenters. The Balaban J connectivity index is 0.00000153. The number of para-hydroxylation sites is 1. The second-order valence-electron chi connectivity index (χ2n) is 8.95.